The van der Waals surface area contributed by atoms with Gasteiger partial charge in [0.2, 0.25) is 0 Å². The number of H-pyrrole nitrogens is 1. The van der Waals surface area contributed by atoms with Gasteiger partial charge >= 0.3 is 7.40 Å². The van der Waals surface area contributed by atoms with Gasteiger partial charge in [-0.05, 0) is 42.8 Å². The van der Waals surface area contributed by atoms with Gasteiger partial charge in [-0.2, -0.15) is 14.6 Å². The number of aryl methyl sites for hydroxylation is 1. The van der Waals surface area contributed by atoms with Crippen molar-refractivity contribution in [2.75, 3.05) is 0 Å². The number of hydrogen-bond acceptors (Lipinski definition) is 4. The summed E-state index contributed by atoms with van der Waals surface area (Å²) in [6, 6.07) is 6.97. The van der Waals surface area contributed by atoms with Crippen LogP contribution in [0.15, 0.2) is 53.5 Å². The van der Waals surface area contributed by atoms with Crippen molar-refractivity contribution >= 4 is 30.3 Å². The zero-order chi connectivity index (χ0) is 21.8. The fourth-order valence-electron chi connectivity index (χ4n) is 3.07. The quantitative estimate of drug-likeness (QED) is 0.330. The van der Waals surface area contributed by atoms with E-state index in [0.717, 1.165) is 16.8 Å². The molecule has 30 heavy (non-hydrogen) atoms. The molecule has 0 amide bonds. The lowest BCUT2D eigenvalue weighted by atomic mass is 9.94. The van der Waals surface area contributed by atoms with Crippen LogP contribution in [0.4, 0.5) is 4.32 Å². The molecule has 0 atom stereocenters. The van der Waals surface area contributed by atoms with Gasteiger partial charge in [0.15, 0.2) is 0 Å². The van der Waals surface area contributed by atoms with Crippen molar-refractivity contribution in [3.63, 3.8) is 0 Å². The van der Waals surface area contributed by atoms with Crippen LogP contribution in [0.2, 0.25) is 5.02 Å². The third-order valence-corrected chi connectivity index (χ3v) is 4.65. The second-order valence-corrected chi connectivity index (χ2v) is 6.78. The summed E-state index contributed by atoms with van der Waals surface area (Å²) in [6.07, 6.45) is 7.77. The molecule has 2 heterocycles. The van der Waals surface area contributed by atoms with Crippen LogP contribution in [-0.2, 0) is 0 Å². The van der Waals surface area contributed by atoms with Crippen molar-refractivity contribution in [2.45, 2.75) is 13.3 Å². The zero-order valence-corrected chi connectivity index (χ0v) is 16.5. The number of hydrogen-bond donors (Lipinski definition) is 3. The summed E-state index contributed by atoms with van der Waals surface area (Å²) in [5.41, 5.74) is 13.8. The van der Waals surface area contributed by atoms with E-state index in [2.05, 4.69) is 14.9 Å². The maximum Gasteiger partial charge on any atom is 0.674 e. The normalized spacial score (nSPS) is 12.8. The summed E-state index contributed by atoms with van der Waals surface area (Å²) in [5, 5.41) is 19.1. The number of benzene rings is 1. The van der Waals surface area contributed by atoms with E-state index in [9.17, 15) is 9.11 Å². The van der Waals surface area contributed by atoms with Gasteiger partial charge in [-0.25, -0.2) is 0 Å². The van der Waals surface area contributed by atoms with Crippen LogP contribution in [0.25, 0.3) is 28.0 Å². The lowest BCUT2D eigenvalue weighted by Gasteiger charge is -2.12. The number of pyridine rings is 1. The van der Waals surface area contributed by atoms with Gasteiger partial charge in [-0.1, -0.05) is 17.7 Å². The van der Waals surface area contributed by atoms with Crippen molar-refractivity contribution in [1.29, 1.82) is 0 Å². The molecule has 0 aromatic heterocycles. The van der Waals surface area contributed by atoms with Crippen LogP contribution in [0.1, 0.15) is 17.7 Å². The fraction of sp³-hybridized carbons (Fsp3) is 0.105. The molecule has 0 saturated heterocycles. The predicted molar refractivity (Wildman–Crippen MR) is 112 cm³/mol. The second kappa shape index (κ2) is 9.02. The van der Waals surface area contributed by atoms with Crippen LogP contribution in [0, 0.1) is 6.92 Å². The van der Waals surface area contributed by atoms with E-state index in [1.807, 2.05) is 19.1 Å². The van der Waals surface area contributed by atoms with E-state index in [1.165, 1.54) is 4.68 Å². The summed E-state index contributed by atoms with van der Waals surface area (Å²) in [4.78, 5) is 19.2. The van der Waals surface area contributed by atoms with Gasteiger partial charge in [0.1, 0.15) is 5.69 Å². The van der Waals surface area contributed by atoms with Gasteiger partial charge in [-0.15, -0.1) is 0 Å². The third kappa shape index (κ3) is 4.47. The molecule has 0 spiro atoms. The molecule has 1 aromatic carbocycles. The van der Waals surface area contributed by atoms with Crippen molar-refractivity contribution in [3.05, 3.63) is 80.9 Å². The first kappa shape index (κ1) is 21.4. The number of rotatable bonds is 2. The zero-order valence-electron chi connectivity index (χ0n) is 15.8. The van der Waals surface area contributed by atoms with Gasteiger partial charge in [0.05, 0.1) is 17.7 Å². The lowest BCUT2D eigenvalue weighted by Crippen LogP contribution is -2.14. The van der Waals surface area contributed by atoms with Crippen molar-refractivity contribution < 1.29 is 19.2 Å². The molecule has 1 aliphatic carbocycles. The minimum Gasteiger partial charge on any atom is -0.398 e. The van der Waals surface area contributed by atoms with Crippen molar-refractivity contribution in [3.8, 4) is 16.9 Å². The Balaban J connectivity index is 0.000000589. The number of aromatic amines is 1. The first-order valence-corrected chi connectivity index (χ1v) is 9.16. The lowest BCUT2D eigenvalue weighted by molar-refractivity contribution is -0.00535. The molecule has 0 saturated carbocycles. The largest absolute Gasteiger partial charge is 0.674 e. The first-order chi connectivity index (χ1) is 14.3. The summed E-state index contributed by atoms with van der Waals surface area (Å²) < 4.78 is 11.5. The highest BCUT2D eigenvalue weighted by atomic mass is 35.5. The van der Waals surface area contributed by atoms with Crippen molar-refractivity contribution in [2.24, 2.45) is 0 Å². The van der Waals surface area contributed by atoms with Crippen LogP contribution in [0.5, 0.6) is 0 Å². The average Bonchev–Trinajstić information content (AvgIpc) is 3.05. The van der Waals surface area contributed by atoms with Crippen LogP contribution in [0.3, 0.4) is 0 Å². The van der Waals surface area contributed by atoms with E-state index in [-0.39, 0.29) is 5.56 Å². The molecule has 3 aliphatic rings. The topological polar surface area (TPSA) is 128 Å². The number of nitrogens with one attached hydrogen (secondary N) is 1. The Hall–Kier alpha value is -3.30. The van der Waals surface area contributed by atoms with E-state index in [0.29, 0.717) is 34.1 Å². The Labute approximate surface area is 175 Å². The molecule has 152 valence electrons. The summed E-state index contributed by atoms with van der Waals surface area (Å²) in [7, 11) is -2.67. The molecule has 4 rings (SSSR count). The standard InChI is InChI=1S/C19H14ClN5O.BFH2O2/c1-11-17(12-2-6-14(23-21)7-3-12)18-16(10-22-11)19(26)25(24-18)15-8-4-13(20)5-9-15;2-1(3)4/h2-6,8-10,22H,7H2,1H3;3-4H. The summed E-state index contributed by atoms with van der Waals surface area (Å²) >= 11 is 5.93. The minimum atomic E-state index is -2.67. The van der Waals surface area contributed by atoms with Crippen molar-refractivity contribution in [1.82, 2.24) is 14.8 Å². The highest BCUT2D eigenvalue weighted by Crippen LogP contribution is 2.31. The molecule has 0 fully saturated rings. The minimum absolute atomic E-state index is 0.196. The Morgan fingerprint density at radius 1 is 1.30 bits per heavy atom. The molecular formula is C19H16BClFN5O3. The van der Waals surface area contributed by atoms with Gasteiger partial charge in [-0.3, -0.25) is 9.11 Å². The highest BCUT2D eigenvalue weighted by molar-refractivity contribution is 6.31. The number of halogens is 2. The van der Waals surface area contributed by atoms with Crippen LogP contribution in [-0.4, -0.2) is 42.7 Å². The molecule has 3 N–H and O–H groups in total. The molecule has 2 aliphatic heterocycles. The molecule has 11 heteroatoms. The molecule has 0 unspecified atom stereocenters. The van der Waals surface area contributed by atoms with Gasteiger partial charge < -0.3 is 20.6 Å². The van der Waals surface area contributed by atoms with Gasteiger partial charge in [0, 0.05) is 28.6 Å². The highest BCUT2D eigenvalue weighted by Gasteiger charge is 2.24. The predicted octanol–water partition coefficient (Wildman–Crippen LogP) is 2.57. The fourth-order valence-corrected chi connectivity index (χ4v) is 3.19. The number of aromatic nitrogens is 3. The monoisotopic (exact) mass is 427 g/mol. The van der Waals surface area contributed by atoms with Gasteiger partial charge in [0.25, 0.3) is 11.3 Å². The van der Waals surface area contributed by atoms with E-state index < -0.39 is 7.40 Å². The summed E-state index contributed by atoms with van der Waals surface area (Å²) in [6.45, 7) is 1.94. The van der Waals surface area contributed by atoms with E-state index in [1.54, 1.807) is 36.5 Å². The smallest absolute Gasteiger partial charge is 0.398 e. The Morgan fingerprint density at radius 2 is 1.97 bits per heavy atom. The Bertz CT molecular complexity index is 1210. The summed E-state index contributed by atoms with van der Waals surface area (Å²) in [5.74, 6) is 0. The number of fused-ring (bicyclic) bond motifs is 1. The molecule has 0 bridgehead atoms. The first-order valence-electron chi connectivity index (χ1n) is 8.78. The van der Waals surface area contributed by atoms with E-state index in [4.69, 9.17) is 27.2 Å². The number of allylic oxidation sites excluding steroid dienone is 4. The third-order valence-electron chi connectivity index (χ3n) is 4.40. The maximum absolute atomic E-state index is 12.8. The SMILES string of the molecule is Cc1[nH]cc2c(=O)n(-c3ccc(Cl)cc3)nc-2c1C1=CCC(=[N+]=[N-])C=C1.OB(O)F. The molecule has 1 aromatic rings. The average molecular weight is 428 g/mol. The molecular weight excluding hydrogens is 412 g/mol. The van der Waals surface area contributed by atoms with Crippen LogP contribution >= 0.6 is 11.6 Å². The van der Waals surface area contributed by atoms with Crippen LogP contribution < -0.4 is 5.56 Å². The second-order valence-electron chi connectivity index (χ2n) is 6.34. The van der Waals surface area contributed by atoms with E-state index >= 15 is 0 Å². The Kier molecular flexibility index (Phi) is 6.44. The molecule has 0 radical (unpaired) electrons. The number of nitrogens with zero attached hydrogens (tertiary/aromatic N) is 4. The molecule has 8 nitrogen and oxygen atoms in total. The Morgan fingerprint density at radius 3 is 2.53 bits per heavy atom. The maximum atomic E-state index is 12.8.